The molecule has 1 unspecified atom stereocenters. The fourth-order valence-corrected chi connectivity index (χ4v) is 2.76. The number of hydrogen-bond donors (Lipinski definition) is 2. The third-order valence-electron chi connectivity index (χ3n) is 3.37. The molecule has 0 saturated carbocycles. The molecule has 1 atom stereocenters. The van der Waals surface area contributed by atoms with E-state index in [1.807, 2.05) is 0 Å². The van der Waals surface area contributed by atoms with Crippen molar-refractivity contribution in [2.24, 2.45) is 5.92 Å². The van der Waals surface area contributed by atoms with Crippen molar-refractivity contribution in [1.29, 1.82) is 0 Å². The summed E-state index contributed by atoms with van der Waals surface area (Å²) in [5, 5.41) is 6.95. The zero-order chi connectivity index (χ0) is 11.9. The van der Waals surface area contributed by atoms with Crippen molar-refractivity contribution in [3.63, 3.8) is 0 Å². The van der Waals surface area contributed by atoms with Crippen LogP contribution in [0.2, 0.25) is 0 Å². The lowest BCUT2D eigenvalue weighted by atomic mass is 10.1. The summed E-state index contributed by atoms with van der Waals surface area (Å²) in [4.78, 5) is 0. The molecule has 0 bridgehead atoms. The van der Waals surface area contributed by atoms with Crippen molar-refractivity contribution in [2.45, 2.75) is 19.3 Å². The molecule has 0 aromatic heterocycles. The molecule has 0 aliphatic carbocycles. The highest BCUT2D eigenvalue weighted by Crippen LogP contribution is 2.12. The van der Waals surface area contributed by atoms with Crippen LogP contribution in [0.5, 0.6) is 0 Å². The Kier molecular flexibility index (Phi) is 5.49. The molecule has 1 aliphatic heterocycles. The second-order valence-corrected chi connectivity index (χ2v) is 5.69. The Morgan fingerprint density at radius 2 is 2.29 bits per heavy atom. The van der Waals surface area contributed by atoms with Gasteiger partial charge in [0.05, 0.1) is 0 Å². The van der Waals surface area contributed by atoms with Crippen molar-refractivity contribution in [1.82, 2.24) is 10.6 Å². The Hall–Kier alpha value is -0.380. The fourth-order valence-electron chi connectivity index (χ4n) is 2.32. The first-order valence-electron chi connectivity index (χ1n) is 6.50. The van der Waals surface area contributed by atoms with Crippen LogP contribution in [0.15, 0.2) is 28.7 Å². The van der Waals surface area contributed by atoms with Crippen LogP contribution in [0, 0.1) is 5.92 Å². The lowest BCUT2D eigenvalue weighted by Gasteiger charge is -2.09. The molecule has 0 radical (unpaired) electrons. The third kappa shape index (κ3) is 4.78. The Balaban J connectivity index is 1.56. The second-order valence-electron chi connectivity index (χ2n) is 4.78. The van der Waals surface area contributed by atoms with Crippen molar-refractivity contribution in [2.75, 3.05) is 26.2 Å². The topological polar surface area (TPSA) is 24.1 Å². The molecule has 17 heavy (non-hydrogen) atoms. The monoisotopic (exact) mass is 296 g/mol. The maximum Gasteiger partial charge on any atom is 0.0178 e. The van der Waals surface area contributed by atoms with Gasteiger partial charge in [0.2, 0.25) is 0 Å². The van der Waals surface area contributed by atoms with Gasteiger partial charge >= 0.3 is 0 Å². The maximum absolute atomic E-state index is 3.54. The summed E-state index contributed by atoms with van der Waals surface area (Å²) in [5.74, 6) is 0.897. The molecule has 0 amide bonds. The molecule has 2 N–H and O–H groups in total. The van der Waals surface area contributed by atoms with Gasteiger partial charge in [0.25, 0.3) is 0 Å². The van der Waals surface area contributed by atoms with E-state index in [0.717, 1.165) is 25.4 Å². The van der Waals surface area contributed by atoms with Crippen LogP contribution in [0.3, 0.4) is 0 Å². The van der Waals surface area contributed by atoms with Crippen LogP contribution in [-0.4, -0.2) is 26.2 Å². The van der Waals surface area contributed by atoms with Crippen molar-refractivity contribution in [3.8, 4) is 0 Å². The van der Waals surface area contributed by atoms with Gasteiger partial charge in [-0.1, -0.05) is 28.1 Å². The van der Waals surface area contributed by atoms with E-state index >= 15 is 0 Å². The lowest BCUT2D eigenvalue weighted by molar-refractivity contribution is 0.501. The SMILES string of the molecule is Brc1cccc(CCNCCC2CCNC2)c1. The molecule has 2 rings (SSSR count). The standard InChI is InChI=1S/C14H21BrN2/c15-14-3-1-2-12(10-14)4-7-16-8-5-13-6-9-17-11-13/h1-3,10,13,16-17H,4-9,11H2. The molecule has 1 heterocycles. The van der Waals surface area contributed by atoms with Crippen LogP contribution in [-0.2, 0) is 6.42 Å². The normalized spacial score (nSPS) is 19.7. The summed E-state index contributed by atoms with van der Waals surface area (Å²) in [6, 6.07) is 8.56. The first-order chi connectivity index (χ1) is 8.34. The van der Waals surface area contributed by atoms with Gasteiger partial charge in [-0.15, -0.1) is 0 Å². The summed E-state index contributed by atoms with van der Waals surface area (Å²) >= 11 is 3.50. The minimum Gasteiger partial charge on any atom is -0.316 e. The van der Waals surface area contributed by atoms with Crippen LogP contribution >= 0.6 is 15.9 Å². The first-order valence-corrected chi connectivity index (χ1v) is 7.30. The molecule has 94 valence electrons. The van der Waals surface area contributed by atoms with Crippen molar-refractivity contribution in [3.05, 3.63) is 34.3 Å². The van der Waals surface area contributed by atoms with Crippen LogP contribution < -0.4 is 10.6 Å². The highest BCUT2D eigenvalue weighted by atomic mass is 79.9. The minimum absolute atomic E-state index is 0.897. The van der Waals surface area contributed by atoms with Gasteiger partial charge in [0.15, 0.2) is 0 Å². The van der Waals surface area contributed by atoms with E-state index in [9.17, 15) is 0 Å². The zero-order valence-electron chi connectivity index (χ0n) is 10.2. The highest BCUT2D eigenvalue weighted by molar-refractivity contribution is 9.10. The Labute approximate surface area is 112 Å². The van der Waals surface area contributed by atoms with Gasteiger partial charge in [-0.2, -0.15) is 0 Å². The molecule has 1 aliphatic rings. The predicted octanol–water partition coefficient (Wildman–Crippen LogP) is 2.58. The van der Waals surface area contributed by atoms with Gasteiger partial charge in [-0.25, -0.2) is 0 Å². The smallest absolute Gasteiger partial charge is 0.0178 e. The van der Waals surface area contributed by atoms with Crippen LogP contribution in [0.1, 0.15) is 18.4 Å². The summed E-state index contributed by atoms with van der Waals surface area (Å²) in [6.07, 6.45) is 3.78. The van der Waals surface area contributed by atoms with E-state index in [-0.39, 0.29) is 0 Å². The average molecular weight is 297 g/mol. The maximum atomic E-state index is 3.54. The summed E-state index contributed by atoms with van der Waals surface area (Å²) in [7, 11) is 0. The number of rotatable bonds is 6. The third-order valence-corrected chi connectivity index (χ3v) is 3.86. The molecule has 1 aromatic rings. The molecule has 2 nitrogen and oxygen atoms in total. The highest BCUT2D eigenvalue weighted by Gasteiger charge is 2.12. The van der Waals surface area contributed by atoms with E-state index in [2.05, 4.69) is 50.8 Å². The van der Waals surface area contributed by atoms with E-state index in [1.54, 1.807) is 0 Å². The Morgan fingerprint density at radius 3 is 3.06 bits per heavy atom. The van der Waals surface area contributed by atoms with E-state index in [0.29, 0.717) is 0 Å². The van der Waals surface area contributed by atoms with E-state index < -0.39 is 0 Å². The second kappa shape index (κ2) is 7.14. The largest absolute Gasteiger partial charge is 0.316 e. The molecule has 0 spiro atoms. The fraction of sp³-hybridized carbons (Fsp3) is 0.571. The lowest BCUT2D eigenvalue weighted by Crippen LogP contribution is -2.21. The summed E-state index contributed by atoms with van der Waals surface area (Å²) in [6.45, 7) is 4.66. The predicted molar refractivity (Wildman–Crippen MR) is 76.3 cm³/mol. The molecule has 1 saturated heterocycles. The number of benzene rings is 1. The minimum atomic E-state index is 0.897. The average Bonchev–Trinajstić information content (AvgIpc) is 2.82. The molecular weight excluding hydrogens is 276 g/mol. The number of hydrogen-bond acceptors (Lipinski definition) is 2. The van der Waals surface area contributed by atoms with Crippen molar-refractivity contribution < 1.29 is 0 Å². The van der Waals surface area contributed by atoms with E-state index in [1.165, 1.54) is 36.0 Å². The Bertz CT molecular complexity index is 335. The number of halogens is 1. The molecule has 1 fully saturated rings. The zero-order valence-corrected chi connectivity index (χ0v) is 11.8. The number of nitrogens with one attached hydrogen (secondary N) is 2. The van der Waals surface area contributed by atoms with E-state index in [4.69, 9.17) is 0 Å². The molecule has 3 heteroatoms. The summed E-state index contributed by atoms with van der Waals surface area (Å²) in [5.41, 5.74) is 1.40. The van der Waals surface area contributed by atoms with Gasteiger partial charge in [-0.3, -0.25) is 0 Å². The quantitative estimate of drug-likeness (QED) is 0.789. The van der Waals surface area contributed by atoms with Gasteiger partial charge in [-0.05, 0) is 69.1 Å². The molecule has 1 aromatic carbocycles. The van der Waals surface area contributed by atoms with Crippen LogP contribution in [0.4, 0.5) is 0 Å². The van der Waals surface area contributed by atoms with Gasteiger partial charge < -0.3 is 10.6 Å². The first kappa shape index (κ1) is 13.1. The van der Waals surface area contributed by atoms with Gasteiger partial charge in [0, 0.05) is 4.47 Å². The van der Waals surface area contributed by atoms with Gasteiger partial charge in [0.1, 0.15) is 0 Å². The van der Waals surface area contributed by atoms with Crippen LogP contribution in [0.25, 0.3) is 0 Å². The Morgan fingerprint density at radius 1 is 1.35 bits per heavy atom. The van der Waals surface area contributed by atoms with Crippen molar-refractivity contribution >= 4 is 15.9 Å². The summed E-state index contributed by atoms with van der Waals surface area (Å²) < 4.78 is 1.17. The molecular formula is C14H21BrN2.